The van der Waals surface area contributed by atoms with Crippen LogP contribution < -0.4 is 17.1 Å². The van der Waals surface area contributed by atoms with Crippen LogP contribution in [-0.2, 0) is 19.6 Å². The largest absolute Gasteiger partial charge is 0.336 e. The topological polar surface area (TPSA) is 66.0 Å². The van der Waals surface area contributed by atoms with Crippen molar-refractivity contribution in [2.24, 2.45) is 0 Å². The Labute approximate surface area is 153 Å². The van der Waals surface area contributed by atoms with Gasteiger partial charge in [-0.3, -0.25) is 0 Å². The van der Waals surface area contributed by atoms with E-state index < -0.39 is 17.1 Å². The molecule has 2 rings (SSSR count). The van der Waals surface area contributed by atoms with Gasteiger partial charge in [0, 0.05) is 4.47 Å². The van der Waals surface area contributed by atoms with Crippen molar-refractivity contribution in [3.05, 3.63) is 90.1 Å². The lowest BCUT2D eigenvalue weighted by Gasteiger charge is -2.14. The predicted molar refractivity (Wildman–Crippen MR) is 102 cm³/mol. The molecule has 132 valence electrons. The van der Waals surface area contributed by atoms with Gasteiger partial charge in [0.15, 0.2) is 0 Å². The van der Waals surface area contributed by atoms with Crippen molar-refractivity contribution in [3.63, 3.8) is 0 Å². The maximum Gasteiger partial charge on any atom is 0.336 e. The van der Waals surface area contributed by atoms with E-state index >= 15 is 0 Å². The van der Waals surface area contributed by atoms with Gasteiger partial charge in [-0.2, -0.15) is 0 Å². The summed E-state index contributed by atoms with van der Waals surface area (Å²) in [4.78, 5) is 38.0. The van der Waals surface area contributed by atoms with Crippen LogP contribution in [0.3, 0.4) is 0 Å². The van der Waals surface area contributed by atoms with Gasteiger partial charge in [-0.25, -0.2) is 28.1 Å². The zero-order valence-electron chi connectivity index (χ0n) is 14.3. The number of rotatable bonds is 6. The molecule has 0 fully saturated rings. The molecule has 0 atom stereocenters. The second-order valence-corrected chi connectivity index (χ2v) is 6.97. The van der Waals surface area contributed by atoms with Gasteiger partial charge in [0.1, 0.15) is 0 Å². The fourth-order valence-corrected chi connectivity index (χ4v) is 2.84. The average Bonchev–Trinajstić information content (AvgIpc) is 2.53. The van der Waals surface area contributed by atoms with Crippen molar-refractivity contribution in [2.75, 3.05) is 0 Å². The Morgan fingerprint density at radius 2 is 1.32 bits per heavy atom. The Kier molecular flexibility index (Phi) is 5.79. The highest BCUT2D eigenvalue weighted by molar-refractivity contribution is 9.10. The Morgan fingerprint density at radius 3 is 1.76 bits per heavy atom. The number of allylic oxidation sites excluding steroid dienone is 2. The lowest BCUT2D eigenvalue weighted by molar-refractivity contribution is 0.488. The molecule has 0 amide bonds. The third-order valence-electron chi connectivity index (χ3n) is 3.53. The highest BCUT2D eigenvalue weighted by atomic mass is 79.9. The summed E-state index contributed by atoms with van der Waals surface area (Å²) in [5.41, 5.74) is 0.117. The molecule has 0 radical (unpaired) electrons. The summed E-state index contributed by atoms with van der Waals surface area (Å²) >= 11 is 3.41. The van der Waals surface area contributed by atoms with Crippen molar-refractivity contribution in [3.8, 4) is 0 Å². The first-order valence-electron chi connectivity index (χ1n) is 7.69. The third-order valence-corrected chi connectivity index (χ3v) is 4.30. The van der Waals surface area contributed by atoms with Crippen LogP contribution in [-0.4, -0.2) is 13.7 Å². The molecule has 6 nitrogen and oxygen atoms in total. The van der Waals surface area contributed by atoms with Crippen molar-refractivity contribution in [1.82, 2.24) is 13.7 Å². The molecular formula is C18H20BrN3O3. The van der Waals surface area contributed by atoms with E-state index in [0.29, 0.717) is 11.1 Å². The first kappa shape index (κ1) is 18.9. The molecular weight excluding hydrogens is 386 g/mol. The smallest absolute Gasteiger partial charge is 0.247 e. The van der Waals surface area contributed by atoms with E-state index in [1.807, 2.05) is 24.3 Å². The van der Waals surface area contributed by atoms with Gasteiger partial charge in [-0.15, -0.1) is 0 Å². The Hall–Kier alpha value is -2.41. The molecule has 0 saturated carbocycles. The van der Waals surface area contributed by atoms with Gasteiger partial charge < -0.3 is 0 Å². The van der Waals surface area contributed by atoms with E-state index in [1.54, 1.807) is 13.8 Å². The number of aromatic nitrogens is 3. The molecule has 0 spiro atoms. The van der Waals surface area contributed by atoms with Crippen LogP contribution in [0.15, 0.2) is 67.4 Å². The number of benzene rings is 1. The molecule has 7 heteroatoms. The molecule has 2 aromatic rings. The van der Waals surface area contributed by atoms with Gasteiger partial charge in [-0.1, -0.05) is 58.4 Å². The van der Waals surface area contributed by atoms with Crippen LogP contribution in [0.25, 0.3) is 0 Å². The maximum atomic E-state index is 12.7. The number of hydrogen-bond donors (Lipinski definition) is 0. The second kappa shape index (κ2) is 7.65. The SMILES string of the molecule is C=C(C)Cn1c(=O)n(CC(=C)C)c(=O)n(Cc2ccccc2Br)c1=O. The van der Waals surface area contributed by atoms with Crippen molar-refractivity contribution in [2.45, 2.75) is 33.5 Å². The lowest BCUT2D eigenvalue weighted by Crippen LogP contribution is -2.54. The Morgan fingerprint density at radius 1 is 0.880 bits per heavy atom. The minimum atomic E-state index is -0.649. The Bertz CT molecular complexity index is 957. The van der Waals surface area contributed by atoms with Gasteiger partial charge in [0.25, 0.3) is 0 Å². The summed E-state index contributed by atoms with van der Waals surface area (Å²) in [5.74, 6) is 0. The third kappa shape index (κ3) is 4.17. The van der Waals surface area contributed by atoms with Crippen LogP contribution >= 0.6 is 15.9 Å². The summed E-state index contributed by atoms with van der Waals surface area (Å²) in [6.45, 7) is 11.1. The Balaban J connectivity index is 2.74. The summed E-state index contributed by atoms with van der Waals surface area (Å²) in [5, 5.41) is 0. The molecule has 1 aromatic carbocycles. The van der Waals surface area contributed by atoms with Gasteiger partial charge in [-0.05, 0) is 25.5 Å². The minimum Gasteiger partial charge on any atom is -0.247 e. The monoisotopic (exact) mass is 405 g/mol. The van der Waals surface area contributed by atoms with Crippen LogP contribution in [0.2, 0.25) is 0 Å². The highest BCUT2D eigenvalue weighted by Gasteiger charge is 2.16. The van der Waals surface area contributed by atoms with E-state index in [4.69, 9.17) is 0 Å². The quantitative estimate of drug-likeness (QED) is 0.691. The predicted octanol–water partition coefficient (Wildman–Crippen LogP) is 2.13. The second-order valence-electron chi connectivity index (χ2n) is 6.11. The molecule has 0 aliphatic carbocycles. The van der Waals surface area contributed by atoms with E-state index in [1.165, 1.54) is 0 Å². The van der Waals surface area contributed by atoms with E-state index in [9.17, 15) is 14.4 Å². The number of nitrogens with zero attached hydrogens (tertiary/aromatic N) is 3. The zero-order valence-corrected chi connectivity index (χ0v) is 15.9. The molecule has 0 bridgehead atoms. The fraction of sp³-hybridized carbons (Fsp3) is 0.278. The first-order valence-corrected chi connectivity index (χ1v) is 8.48. The van der Waals surface area contributed by atoms with E-state index in [0.717, 1.165) is 23.7 Å². The summed E-state index contributed by atoms with van der Waals surface area (Å²) < 4.78 is 3.91. The molecule has 1 heterocycles. The fourth-order valence-electron chi connectivity index (χ4n) is 2.43. The minimum absolute atomic E-state index is 0.0596. The van der Waals surface area contributed by atoms with Gasteiger partial charge >= 0.3 is 17.1 Å². The summed E-state index contributed by atoms with van der Waals surface area (Å²) in [7, 11) is 0. The summed E-state index contributed by atoms with van der Waals surface area (Å²) in [6.07, 6.45) is 0. The summed E-state index contributed by atoms with van der Waals surface area (Å²) in [6, 6.07) is 7.31. The zero-order chi connectivity index (χ0) is 18.7. The maximum absolute atomic E-state index is 12.7. The van der Waals surface area contributed by atoms with Crippen LogP contribution in [0, 0.1) is 0 Å². The van der Waals surface area contributed by atoms with Gasteiger partial charge in [0.2, 0.25) is 0 Å². The molecule has 0 aliphatic heterocycles. The molecule has 0 unspecified atom stereocenters. The first-order chi connectivity index (χ1) is 11.7. The molecule has 25 heavy (non-hydrogen) atoms. The standard InChI is InChI=1S/C18H20BrN3O3/c1-12(2)9-20-16(23)21(10-13(3)4)18(25)22(17(20)24)11-14-7-5-6-8-15(14)19/h5-8H,1,3,9-11H2,2,4H3. The van der Waals surface area contributed by atoms with Crippen LogP contribution in [0.4, 0.5) is 0 Å². The van der Waals surface area contributed by atoms with Crippen molar-refractivity contribution >= 4 is 15.9 Å². The normalized spacial score (nSPS) is 10.7. The highest BCUT2D eigenvalue weighted by Crippen LogP contribution is 2.15. The molecule has 0 aliphatic rings. The van der Waals surface area contributed by atoms with E-state index in [-0.39, 0.29) is 19.6 Å². The molecule has 0 saturated heterocycles. The molecule has 0 N–H and O–H groups in total. The van der Waals surface area contributed by atoms with Crippen LogP contribution in [0.5, 0.6) is 0 Å². The van der Waals surface area contributed by atoms with Crippen LogP contribution in [0.1, 0.15) is 19.4 Å². The average molecular weight is 406 g/mol. The number of halogens is 1. The van der Waals surface area contributed by atoms with Gasteiger partial charge in [0.05, 0.1) is 19.6 Å². The van der Waals surface area contributed by atoms with Crippen molar-refractivity contribution < 1.29 is 0 Å². The van der Waals surface area contributed by atoms with Crippen molar-refractivity contribution in [1.29, 1.82) is 0 Å². The van der Waals surface area contributed by atoms with E-state index in [2.05, 4.69) is 29.1 Å². The number of hydrogen-bond acceptors (Lipinski definition) is 3. The lowest BCUT2D eigenvalue weighted by atomic mass is 10.2. The molecule has 1 aromatic heterocycles.